The van der Waals surface area contributed by atoms with Crippen molar-refractivity contribution >= 4 is 45.5 Å². The van der Waals surface area contributed by atoms with Crippen molar-refractivity contribution in [3.05, 3.63) is 45.2 Å². The molecule has 20 heavy (non-hydrogen) atoms. The molecule has 1 unspecified atom stereocenters. The molecule has 0 amide bonds. The van der Waals surface area contributed by atoms with Gasteiger partial charge in [0.15, 0.2) is 0 Å². The van der Waals surface area contributed by atoms with E-state index in [1.165, 1.54) is 0 Å². The highest BCUT2D eigenvalue weighted by Crippen LogP contribution is 2.33. The Kier molecular flexibility index (Phi) is 4.77. The lowest BCUT2D eigenvalue weighted by molar-refractivity contribution is 1.07. The summed E-state index contributed by atoms with van der Waals surface area (Å²) in [5, 5.41) is 10.5. The SMILES string of the molecule is CN=S(C)c1cn(-c2c(Cl)cc(Cl)cc2Cl)cc1C#N. The van der Waals surface area contributed by atoms with Crippen molar-refractivity contribution in [2.75, 3.05) is 13.3 Å². The van der Waals surface area contributed by atoms with Crippen LogP contribution in [0.1, 0.15) is 5.56 Å². The third-order valence-corrected chi connectivity index (χ3v) is 5.05. The highest BCUT2D eigenvalue weighted by molar-refractivity contribution is 7.86. The molecule has 0 saturated heterocycles. The summed E-state index contributed by atoms with van der Waals surface area (Å²) >= 11 is 18.3. The van der Waals surface area contributed by atoms with Crippen molar-refractivity contribution in [3.63, 3.8) is 0 Å². The van der Waals surface area contributed by atoms with E-state index in [2.05, 4.69) is 10.4 Å². The molecule has 0 saturated carbocycles. The summed E-state index contributed by atoms with van der Waals surface area (Å²) in [5.41, 5.74) is 1.16. The van der Waals surface area contributed by atoms with E-state index in [1.807, 2.05) is 12.5 Å². The smallest absolute Gasteiger partial charge is 0.102 e. The van der Waals surface area contributed by atoms with Crippen LogP contribution in [0.25, 0.3) is 5.69 Å². The number of nitriles is 1. The molecule has 0 spiro atoms. The first-order chi connectivity index (χ1) is 9.47. The van der Waals surface area contributed by atoms with Gasteiger partial charge in [-0.25, -0.2) is 0 Å². The van der Waals surface area contributed by atoms with Crippen LogP contribution in [-0.4, -0.2) is 17.9 Å². The molecule has 0 aliphatic heterocycles. The zero-order valence-corrected chi connectivity index (χ0v) is 13.8. The van der Waals surface area contributed by atoms with Crippen molar-refractivity contribution in [1.82, 2.24) is 4.57 Å². The van der Waals surface area contributed by atoms with Crippen LogP contribution < -0.4 is 0 Å². The van der Waals surface area contributed by atoms with Gasteiger partial charge < -0.3 is 4.57 Å². The number of rotatable bonds is 2. The van der Waals surface area contributed by atoms with Gasteiger partial charge in [-0.3, -0.25) is 4.36 Å². The summed E-state index contributed by atoms with van der Waals surface area (Å²) in [7, 11) is 1.37. The fraction of sp³-hybridized carbons (Fsp3) is 0.154. The molecule has 1 aromatic carbocycles. The lowest BCUT2D eigenvalue weighted by Crippen LogP contribution is -1.93. The largest absolute Gasteiger partial charge is 0.319 e. The summed E-state index contributed by atoms with van der Waals surface area (Å²) in [6.07, 6.45) is 5.48. The Morgan fingerprint density at radius 2 is 1.80 bits per heavy atom. The van der Waals surface area contributed by atoms with Gasteiger partial charge in [0.1, 0.15) is 6.07 Å². The number of hydrogen-bond acceptors (Lipinski definition) is 2. The van der Waals surface area contributed by atoms with Crippen molar-refractivity contribution in [1.29, 1.82) is 5.26 Å². The first-order valence-corrected chi connectivity index (χ1v) is 8.23. The standard InChI is InChI=1S/C13H10Cl3N3S/c1-18-20(2)12-7-19(6-8(12)5-17)13-10(15)3-9(14)4-11(13)16/h3-4,6-7H,1-2H3. The second-order valence-corrected chi connectivity index (χ2v) is 6.95. The minimum atomic E-state index is -0.353. The molecule has 1 heterocycles. The van der Waals surface area contributed by atoms with E-state index < -0.39 is 0 Å². The average Bonchev–Trinajstić information content (AvgIpc) is 2.80. The lowest BCUT2D eigenvalue weighted by atomic mass is 10.3. The molecular weight excluding hydrogens is 337 g/mol. The lowest BCUT2D eigenvalue weighted by Gasteiger charge is -2.08. The molecule has 0 aliphatic carbocycles. The highest BCUT2D eigenvalue weighted by atomic mass is 35.5. The Morgan fingerprint density at radius 1 is 1.20 bits per heavy atom. The number of benzene rings is 1. The molecule has 3 nitrogen and oxygen atoms in total. The molecule has 1 aromatic heterocycles. The van der Waals surface area contributed by atoms with Crippen molar-refractivity contribution < 1.29 is 0 Å². The maximum absolute atomic E-state index is 9.22. The van der Waals surface area contributed by atoms with Crippen LogP contribution >= 0.6 is 34.8 Å². The Hall–Kier alpha value is -0.990. The summed E-state index contributed by atoms with van der Waals surface area (Å²) in [6, 6.07) is 5.40. The molecule has 0 aliphatic rings. The molecule has 104 valence electrons. The maximum Gasteiger partial charge on any atom is 0.102 e. The van der Waals surface area contributed by atoms with Gasteiger partial charge in [-0.05, 0) is 18.4 Å². The fourth-order valence-electron chi connectivity index (χ4n) is 1.76. The minimum Gasteiger partial charge on any atom is -0.319 e. The van der Waals surface area contributed by atoms with E-state index in [0.717, 1.165) is 4.90 Å². The van der Waals surface area contributed by atoms with Crippen LogP contribution in [0, 0.1) is 11.3 Å². The summed E-state index contributed by atoms with van der Waals surface area (Å²) in [6.45, 7) is 0. The Bertz CT molecular complexity index is 721. The second-order valence-electron chi connectivity index (χ2n) is 3.93. The van der Waals surface area contributed by atoms with Crippen molar-refractivity contribution in [2.45, 2.75) is 4.90 Å². The van der Waals surface area contributed by atoms with Crippen LogP contribution in [0.2, 0.25) is 15.1 Å². The summed E-state index contributed by atoms with van der Waals surface area (Å²) in [5.74, 6) is 0. The third-order valence-electron chi connectivity index (χ3n) is 2.74. The average molecular weight is 347 g/mol. The van der Waals surface area contributed by atoms with Crippen LogP contribution in [0.5, 0.6) is 0 Å². The Morgan fingerprint density at radius 3 is 2.30 bits per heavy atom. The highest BCUT2D eigenvalue weighted by Gasteiger charge is 2.14. The monoisotopic (exact) mass is 345 g/mol. The number of halogens is 3. The molecule has 0 N–H and O–H groups in total. The van der Waals surface area contributed by atoms with Gasteiger partial charge in [0.2, 0.25) is 0 Å². The zero-order chi connectivity index (χ0) is 14.9. The molecule has 0 fully saturated rings. The van der Waals surface area contributed by atoms with E-state index in [9.17, 15) is 5.26 Å². The number of hydrogen-bond donors (Lipinski definition) is 0. The topological polar surface area (TPSA) is 41.1 Å². The van der Waals surface area contributed by atoms with Crippen LogP contribution in [0.15, 0.2) is 33.8 Å². The van der Waals surface area contributed by atoms with Gasteiger partial charge in [-0.1, -0.05) is 45.5 Å². The fourth-order valence-corrected chi connectivity index (χ4v) is 3.66. The number of aromatic nitrogens is 1. The Labute approximate surface area is 134 Å². The van der Waals surface area contributed by atoms with Crippen LogP contribution in [0.4, 0.5) is 0 Å². The van der Waals surface area contributed by atoms with E-state index in [-0.39, 0.29) is 10.7 Å². The Balaban J connectivity index is 2.67. The van der Waals surface area contributed by atoms with Gasteiger partial charge >= 0.3 is 0 Å². The second kappa shape index (κ2) is 6.19. The molecule has 1 atom stereocenters. The van der Waals surface area contributed by atoms with E-state index >= 15 is 0 Å². The van der Waals surface area contributed by atoms with Gasteiger partial charge in [-0.15, -0.1) is 0 Å². The van der Waals surface area contributed by atoms with E-state index in [1.54, 1.807) is 29.9 Å². The molecule has 7 heteroatoms. The number of nitrogens with zero attached hydrogens (tertiary/aromatic N) is 3. The van der Waals surface area contributed by atoms with Gasteiger partial charge in [-0.2, -0.15) is 5.26 Å². The van der Waals surface area contributed by atoms with Crippen molar-refractivity contribution in [2.24, 2.45) is 4.36 Å². The first-order valence-electron chi connectivity index (χ1n) is 5.50. The maximum atomic E-state index is 9.22. The quantitative estimate of drug-likeness (QED) is 0.775. The van der Waals surface area contributed by atoms with E-state index in [4.69, 9.17) is 34.8 Å². The zero-order valence-electron chi connectivity index (χ0n) is 10.7. The summed E-state index contributed by atoms with van der Waals surface area (Å²) < 4.78 is 5.95. The van der Waals surface area contributed by atoms with Crippen molar-refractivity contribution in [3.8, 4) is 11.8 Å². The first kappa shape index (κ1) is 15.4. The molecule has 2 aromatic rings. The molecule has 0 bridgehead atoms. The summed E-state index contributed by atoms with van der Waals surface area (Å²) in [4.78, 5) is 0.858. The third kappa shape index (κ3) is 2.87. The van der Waals surface area contributed by atoms with Crippen LogP contribution in [-0.2, 0) is 10.7 Å². The predicted octanol–water partition coefficient (Wildman–Crippen LogP) is 4.73. The van der Waals surface area contributed by atoms with E-state index in [0.29, 0.717) is 26.3 Å². The predicted molar refractivity (Wildman–Crippen MR) is 85.4 cm³/mol. The van der Waals surface area contributed by atoms with Crippen LogP contribution in [0.3, 0.4) is 0 Å². The molecule has 0 radical (unpaired) electrons. The normalized spacial score (nSPS) is 12.4. The van der Waals surface area contributed by atoms with Gasteiger partial charge in [0.25, 0.3) is 0 Å². The van der Waals surface area contributed by atoms with Gasteiger partial charge in [0.05, 0.1) is 26.2 Å². The minimum absolute atomic E-state index is 0.353. The molecule has 2 rings (SSSR count). The van der Waals surface area contributed by atoms with Gasteiger partial charge in [0, 0.05) is 24.5 Å². The molecular formula is C13H10Cl3N3S.